The van der Waals surface area contributed by atoms with E-state index in [1.807, 2.05) is 19.3 Å². The summed E-state index contributed by atoms with van der Waals surface area (Å²) in [4.78, 5) is 11.2. The molecular weight excluding hydrogens is 176 g/mol. The second-order valence-electron chi connectivity index (χ2n) is 3.95. The van der Waals surface area contributed by atoms with Gasteiger partial charge < -0.3 is 9.88 Å². The zero-order valence-corrected chi connectivity index (χ0v) is 8.49. The van der Waals surface area contributed by atoms with Gasteiger partial charge in [0.15, 0.2) is 0 Å². The molecule has 0 aromatic carbocycles. The molecule has 0 bridgehead atoms. The minimum atomic E-state index is 0.0671. The van der Waals surface area contributed by atoms with Gasteiger partial charge in [0.2, 0.25) is 5.56 Å². The summed E-state index contributed by atoms with van der Waals surface area (Å²) in [5, 5.41) is 3.38. The second-order valence-corrected chi connectivity index (χ2v) is 3.95. The number of aryl methyl sites for hydroxylation is 1. The van der Waals surface area contributed by atoms with E-state index in [9.17, 15) is 4.79 Å². The largest absolute Gasteiger partial charge is 0.318 e. The summed E-state index contributed by atoms with van der Waals surface area (Å²) in [6.07, 6.45) is 4.42. The fourth-order valence-corrected chi connectivity index (χ4v) is 1.99. The Bertz CT molecular complexity index is 364. The number of aromatic nitrogens is 1. The summed E-state index contributed by atoms with van der Waals surface area (Å²) < 4.78 is 1.66. The molecule has 1 fully saturated rings. The quantitative estimate of drug-likeness (QED) is 0.716. The van der Waals surface area contributed by atoms with E-state index >= 15 is 0 Å². The molecule has 14 heavy (non-hydrogen) atoms. The number of pyridine rings is 1. The number of nitrogens with one attached hydrogen (secondary N) is 1. The molecule has 0 amide bonds. The standard InChI is InChI=1S/C11H16N2O/c1-13-8-10(4-5-11(13)14)9-3-2-6-12-7-9/h4-5,8-9,12H,2-3,6-7H2,1H3/t9-/m1/s1. The number of hydrogen-bond donors (Lipinski definition) is 1. The van der Waals surface area contributed by atoms with Crippen LogP contribution in [-0.2, 0) is 7.05 Å². The lowest BCUT2D eigenvalue weighted by molar-refractivity contribution is 0.459. The Kier molecular flexibility index (Phi) is 2.68. The highest BCUT2D eigenvalue weighted by Crippen LogP contribution is 2.21. The van der Waals surface area contributed by atoms with Gasteiger partial charge in [0.25, 0.3) is 0 Å². The van der Waals surface area contributed by atoms with E-state index in [-0.39, 0.29) is 5.56 Å². The molecule has 1 aromatic heterocycles. The van der Waals surface area contributed by atoms with E-state index in [1.54, 1.807) is 10.6 Å². The Hall–Kier alpha value is -1.09. The minimum absolute atomic E-state index is 0.0671. The fraction of sp³-hybridized carbons (Fsp3) is 0.545. The number of piperidine rings is 1. The van der Waals surface area contributed by atoms with Crippen molar-refractivity contribution in [3.63, 3.8) is 0 Å². The van der Waals surface area contributed by atoms with Crippen LogP contribution >= 0.6 is 0 Å². The first-order valence-corrected chi connectivity index (χ1v) is 5.14. The Morgan fingerprint density at radius 1 is 1.50 bits per heavy atom. The van der Waals surface area contributed by atoms with Gasteiger partial charge >= 0.3 is 0 Å². The first-order chi connectivity index (χ1) is 6.77. The van der Waals surface area contributed by atoms with Crippen LogP contribution in [0.5, 0.6) is 0 Å². The average Bonchev–Trinajstić information content (AvgIpc) is 2.23. The van der Waals surface area contributed by atoms with Crippen molar-refractivity contribution in [2.24, 2.45) is 7.05 Å². The van der Waals surface area contributed by atoms with Crippen LogP contribution in [0.25, 0.3) is 0 Å². The molecule has 0 spiro atoms. The third-order valence-corrected chi connectivity index (χ3v) is 2.88. The molecule has 3 heteroatoms. The molecule has 1 atom stereocenters. The number of nitrogens with zero attached hydrogens (tertiary/aromatic N) is 1. The number of rotatable bonds is 1. The van der Waals surface area contributed by atoms with Crippen LogP contribution in [0.3, 0.4) is 0 Å². The topological polar surface area (TPSA) is 34.0 Å². The molecule has 1 saturated heterocycles. The van der Waals surface area contributed by atoms with Gasteiger partial charge in [-0.3, -0.25) is 4.79 Å². The van der Waals surface area contributed by atoms with E-state index in [2.05, 4.69) is 5.32 Å². The van der Waals surface area contributed by atoms with E-state index in [4.69, 9.17) is 0 Å². The van der Waals surface area contributed by atoms with Crippen molar-refractivity contribution in [1.82, 2.24) is 9.88 Å². The molecule has 0 radical (unpaired) electrons. The number of hydrogen-bond acceptors (Lipinski definition) is 2. The van der Waals surface area contributed by atoms with Crippen molar-refractivity contribution in [1.29, 1.82) is 0 Å². The van der Waals surface area contributed by atoms with Gasteiger partial charge in [0.1, 0.15) is 0 Å². The van der Waals surface area contributed by atoms with Crippen LogP contribution < -0.4 is 10.9 Å². The monoisotopic (exact) mass is 192 g/mol. The zero-order chi connectivity index (χ0) is 9.97. The van der Waals surface area contributed by atoms with Gasteiger partial charge in [0, 0.05) is 25.9 Å². The van der Waals surface area contributed by atoms with Gasteiger partial charge in [-0.15, -0.1) is 0 Å². The molecule has 3 nitrogen and oxygen atoms in total. The summed E-state index contributed by atoms with van der Waals surface area (Å²) in [6, 6.07) is 3.62. The fourth-order valence-electron chi connectivity index (χ4n) is 1.99. The summed E-state index contributed by atoms with van der Waals surface area (Å²) in [5.41, 5.74) is 1.34. The van der Waals surface area contributed by atoms with Gasteiger partial charge in [-0.25, -0.2) is 0 Å². The molecule has 0 saturated carbocycles. The Morgan fingerprint density at radius 2 is 2.36 bits per heavy atom. The first-order valence-electron chi connectivity index (χ1n) is 5.14. The summed E-state index contributed by atoms with van der Waals surface area (Å²) in [5.74, 6) is 0.579. The van der Waals surface area contributed by atoms with E-state index in [0.717, 1.165) is 13.1 Å². The lowest BCUT2D eigenvalue weighted by atomic mass is 9.93. The van der Waals surface area contributed by atoms with Crippen LogP contribution in [-0.4, -0.2) is 17.7 Å². The van der Waals surface area contributed by atoms with Gasteiger partial charge in [-0.1, -0.05) is 6.07 Å². The van der Waals surface area contributed by atoms with Crippen LogP contribution in [0.15, 0.2) is 23.1 Å². The predicted molar refractivity (Wildman–Crippen MR) is 56.5 cm³/mol. The van der Waals surface area contributed by atoms with Crippen molar-refractivity contribution in [2.75, 3.05) is 13.1 Å². The summed E-state index contributed by atoms with van der Waals surface area (Å²) >= 11 is 0. The third-order valence-electron chi connectivity index (χ3n) is 2.88. The van der Waals surface area contributed by atoms with Crippen molar-refractivity contribution < 1.29 is 0 Å². The van der Waals surface area contributed by atoms with Crippen LogP contribution in [0.4, 0.5) is 0 Å². The molecular formula is C11H16N2O. The van der Waals surface area contributed by atoms with Crippen molar-refractivity contribution in [2.45, 2.75) is 18.8 Å². The van der Waals surface area contributed by atoms with Crippen molar-refractivity contribution >= 4 is 0 Å². The lowest BCUT2D eigenvalue weighted by Gasteiger charge is -2.23. The normalized spacial score (nSPS) is 22.2. The first kappa shape index (κ1) is 9.46. The maximum atomic E-state index is 11.2. The van der Waals surface area contributed by atoms with Gasteiger partial charge in [-0.05, 0) is 30.9 Å². The van der Waals surface area contributed by atoms with E-state index in [0.29, 0.717) is 5.92 Å². The predicted octanol–water partition coefficient (Wildman–Crippen LogP) is 0.852. The van der Waals surface area contributed by atoms with Crippen LogP contribution in [0.2, 0.25) is 0 Å². The lowest BCUT2D eigenvalue weighted by Crippen LogP contribution is -2.29. The molecule has 2 heterocycles. The molecule has 0 unspecified atom stereocenters. The van der Waals surface area contributed by atoms with Crippen LogP contribution in [0, 0.1) is 0 Å². The third kappa shape index (κ3) is 1.87. The molecule has 1 aliphatic heterocycles. The highest BCUT2D eigenvalue weighted by atomic mass is 16.1. The Balaban J connectivity index is 2.22. The smallest absolute Gasteiger partial charge is 0.250 e. The Morgan fingerprint density at radius 3 is 3.00 bits per heavy atom. The van der Waals surface area contributed by atoms with Gasteiger partial charge in [0.05, 0.1) is 0 Å². The highest BCUT2D eigenvalue weighted by Gasteiger charge is 2.15. The maximum absolute atomic E-state index is 11.2. The molecule has 1 N–H and O–H groups in total. The molecule has 0 aliphatic carbocycles. The Labute approximate surface area is 83.8 Å². The molecule has 1 aromatic rings. The summed E-state index contributed by atoms with van der Waals surface area (Å²) in [6.45, 7) is 2.17. The van der Waals surface area contributed by atoms with Crippen molar-refractivity contribution in [3.8, 4) is 0 Å². The van der Waals surface area contributed by atoms with Crippen LogP contribution in [0.1, 0.15) is 24.3 Å². The summed E-state index contributed by atoms with van der Waals surface area (Å²) in [7, 11) is 1.81. The molecule has 76 valence electrons. The minimum Gasteiger partial charge on any atom is -0.318 e. The zero-order valence-electron chi connectivity index (χ0n) is 8.49. The van der Waals surface area contributed by atoms with E-state index < -0.39 is 0 Å². The van der Waals surface area contributed by atoms with Gasteiger partial charge in [-0.2, -0.15) is 0 Å². The molecule has 2 rings (SSSR count). The second kappa shape index (κ2) is 3.96. The maximum Gasteiger partial charge on any atom is 0.250 e. The SMILES string of the molecule is Cn1cc([C@@H]2CCCNC2)ccc1=O. The highest BCUT2D eigenvalue weighted by molar-refractivity contribution is 5.16. The average molecular weight is 192 g/mol. The van der Waals surface area contributed by atoms with Crippen molar-refractivity contribution in [3.05, 3.63) is 34.2 Å². The van der Waals surface area contributed by atoms with E-state index in [1.165, 1.54) is 18.4 Å². The molecule has 1 aliphatic rings.